The van der Waals surface area contributed by atoms with E-state index in [0.717, 1.165) is 25.0 Å². The first kappa shape index (κ1) is 25.3. The second kappa shape index (κ2) is 10.5. The lowest BCUT2D eigenvalue weighted by Crippen LogP contribution is -2.60. The van der Waals surface area contributed by atoms with E-state index in [1.165, 1.54) is 9.80 Å². The van der Waals surface area contributed by atoms with E-state index in [1.807, 2.05) is 0 Å². The van der Waals surface area contributed by atoms with Gasteiger partial charge in [-0.1, -0.05) is 18.2 Å². The third kappa shape index (κ3) is 5.08. The fourth-order valence-corrected chi connectivity index (χ4v) is 5.32. The first-order chi connectivity index (χ1) is 17.9. The molecule has 8 nitrogen and oxygen atoms in total. The molecule has 2 unspecified atom stereocenters. The van der Waals surface area contributed by atoms with Crippen LogP contribution in [0.4, 0.5) is 8.78 Å². The van der Waals surface area contributed by atoms with Crippen LogP contribution < -0.4 is 5.32 Å². The maximum absolute atomic E-state index is 14.2. The van der Waals surface area contributed by atoms with Gasteiger partial charge in [0.2, 0.25) is 5.91 Å². The van der Waals surface area contributed by atoms with Crippen molar-refractivity contribution in [2.45, 2.75) is 43.6 Å². The fourth-order valence-electron chi connectivity index (χ4n) is 5.32. The normalized spacial score (nSPS) is 22.9. The minimum atomic E-state index is -1.09. The highest BCUT2D eigenvalue weighted by atomic mass is 19.1. The van der Waals surface area contributed by atoms with Crippen molar-refractivity contribution in [2.75, 3.05) is 32.8 Å². The number of carbonyl (C=O) groups is 3. The van der Waals surface area contributed by atoms with Crippen molar-refractivity contribution in [1.29, 1.82) is 0 Å². The topological polar surface area (TPSA) is 88.2 Å². The van der Waals surface area contributed by atoms with E-state index in [4.69, 9.17) is 9.47 Å². The van der Waals surface area contributed by atoms with Crippen molar-refractivity contribution in [2.24, 2.45) is 0 Å². The zero-order chi connectivity index (χ0) is 26.0. The van der Waals surface area contributed by atoms with Crippen molar-refractivity contribution in [3.63, 3.8) is 0 Å². The van der Waals surface area contributed by atoms with Gasteiger partial charge in [0.1, 0.15) is 23.4 Å². The predicted octanol–water partition coefficient (Wildman–Crippen LogP) is 2.73. The number of hydrogen-bond donors (Lipinski definition) is 1. The number of ether oxygens (including phenoxy) is 2. The number of nitrogens with zero attached hydrogens (tertiary/aromatic N) is 2. The molecule has 5 rings (SSSR count). The summed E-state index contributed by atoms with van der Waals surface area (Å²) < 4.78 is 39.3. The van der Waals surface area contributed by atoms with Gasteiger partial charge < -0.3 is 19.7 Å². The molecule has 1 N–H and O–H groups in total. The Kier molecular flexibility index (Phi) is 7.21. The molecule has 37 heavy (non-hydrogen) atoms. The van der Waals surface area contributed by atoms with Crippen LogP contribution in [0, 0.1) is 11.6 Å². The Morgan fingerprint density at radius 1 is 1.03 bits per heavy atom. The summed E-state index contributed by atoms with van der Waals surface area (Å²) in [5.41, 5.74) is -0.874. The predicted molar refractivity (Wildman–Crippen MR) is 129 cm³/mol. The second-order valence-electron chi connectivity index (χ2n) is 9.61. The number of rotatable bonds is 5. The summed E-state index contributed by atoms with van der Waals surface area (Å²) in [5.74, 6) is -2.89. The number of nitrogens with one attached hydrogen (secondary N) is 1. The molecule has 2 aromatic rings. The molecule has 0 saturated carbocycles. The van der Waals surface area contributed by atoms with Crippen LogP contribution in [-0.2, 0) is 14.3 Å². The number of carbonyl (C=O) groups excluding carboxylic acids is 3. The van der Waals surface area contributed by atoms with E-state index in [-0.39, 0.29) is 56.0 Å². The molecule has 0 radical (unpaired) electrons. The third-order valence-electron chi connectivity index (χ3n) is 7.32. The molecule has 3 heterocycles. The van der Waals surface area contributed by atoms with Crippen LogP contribution in [0.25, 0.3) is 0 Å². The first-order valence-electron chi connectivity index (χ1n) is 12.5. The van der Waals surface area contributed by atoms with Gasteiger partial charge in [-0.25, -0.2) is 8.78 Å². The van der Waals surface area contributed by atoms with E-state index in [0.29, 0.717) is 24.8 Å². The van der Waals surface area contributed by atoms with Crippen LogP contribution in [0.3, 0.4) is 0 Å². The van der Waals surface area contributed by atoms with Gasteiger partial charge in [0.15, 0.2) is 0 Å². The molecular weight excluding hydrogens is 484 g/mol. The average Bonchev–Trinajstić information content (AvgIpc) is 3.56. The Balaban J connectivity index is 1.34. The zero-order valence-electron chi connectivity index (χ0n) is 20.3. The Hall–Kier alpha value is -3.37. The van der Waals surface area contributed by atoms with Crippen LogP contribution in [0.15, 0.2) is 48.5 Å². The molecule has 2 atom stereocenters. The number of amides is 3. The van der Waals surface area contributed by atoms with Crippen LogP contribution in [-0.4, -0.2) is 78.2 Å². The van der Waals surface area contributed by atoms with Gasteiger partial charge >= 0.3 is 0 Å². The first-order valence-corrected chi connectivity index (χ1v) is 12.5. The SMILES string of the molecule is O=C(NCC1CCCO1)C1COC2(CCN(C(=O)c3ccc(F)cc3F)CC2)N1C(=O)c1ccccc1. The number of piperidine rings is 1. The van der Waals surface area contributed by atoms with Crippen molar-refractivity contribution in [3.05, 3.63) is 71.3 Å². The van der Waals surface area contributed by atoms with Gasteiger partial charge in [0.05, 0.1) is 18.3 Å². The van der Waals surface area contributed by atoms with E-state index in [1.54, 1.807) is 30.3 Å². The van der Waals surface area contributed by atoms with Crippen molar-refractivity contribution >= 4 is 17.7 Å². The molecule has 0 bridgehead atoms. The van der Waals surface area contributed by atoms with Gasteiger partial charge in [-0.15, -0.1) is 0 Å². The lowest BCUT2D eigenvalue weighted by Gasteiger charge is -2.44. The van der Waals surface area contributed by atoms with Crippen LogP contribution in [0.1, 0.15) is 46.4 Å². The minimum absolute atomic E-state index is 0.0243. The zero-order valence-corrected chi connectivity index (χ0v) is 20.3. The standard InChI is InChI=1S/C27H29F2N3O5/c28-19-8-9-21(22(29)15-19)26(35)31-12-10-27(11-13-31)32(25(34)18-5-2-1-3-6-18)23(17-37-27)24(33)30-16-20-7-4-14-36-20/h1-3,5-6,8-9,15,20,23H,4,7,10-14,16-17H2,(H,30,33). The van der Waals surface area contributed by atoms with Gasteiger partial charge in [0.25, 0.3) is 11.8 Å². The van der Waals surface area contributed by atoms with E-state index < -0.39 is 29.3 Å². The van der Waals surface area contributed by atoms with Crippen molar-refractivity contribution in [1.82, 2.24) is 15.1 Å². The van der Waals surface area contributed by atoms with Gasteiger partial charge in [-0.05, 0) is 37.1 Å². The largest absolute Gasteiger partial charge is 0.376 e. The highest BCUT2D eigenvalue weighted by molar-refractivity contribution is 5.98. The lowest BCUT2D eigenvalue weighted by molar-refractivity contribution is -0.128. The Morgan fingerprint density at radius 3 is 2.46 bits per heavy atom. The van der Waals surface area contributed by atoms with Gasteiger partial charge in [0, 0.05) is 50.7 Å². The lowest BCUT2D eigenvalue weighted by atomic mass is 9.96. The summed E-state index contributed by atoms with van der Waals surface area (Å²) in [5, 5.41) is 2.91. The van der Waals surface area contributed by atoms with E-state index in [2.05, 4.69) is 5.32 Å². The molecule has 2 aromatic carbocycles. The quantitative estimate of drug-likeness (QED) is 0.665. The molecule has 196 valence electrons. The fraction of sp³-hybridized carbons (Fsp3) is 0.444. The van der Waals surface area contributed by atoms with Crippen LogP contribution in [0.2, 0.25) is 0 Å². The minimum Gasteiger partial charge on any atom is -0.376 e. The Bertz CT molecular complexity index is 1160. The molecule has 1 spiro atoms. The molecule has 3 saturated heterocycles. The van der Waals surface area contributed by atoms with E-state index >= 15 is 0 Å². The molecule has 3 fully saturated rings. The smallest absolute Gasteiger partial charge is 0.256 e. The Morgan fingerprint density at radius 2 is 1.78 bits per heavy atom. The van der Waals surface area contributed by atoms with Gasteiger partial charge in [-0.2, -0.15) is 0 Å². The number of halogens is 2. The van der Waals surface area contributed by atoms with E-state index in [9.17, 15) is 23.2 Å². The van der Waals surface area contributed by atoms with Gasteiger partial charge in [-0.3, -0.25) is 19.3 Å². The average molecular weight is 514 g/mol. The molecular formula is C27H29F2N3O5. The van der Waals surface area contributed by atoms with Crippen molar-refractivity contribution in [3.8, 4) is 0 Å². The van der Waals surface area contributed by atoms with Crippen molar-refractivity contribution < 1.29 is 32.6 Å². The Labute approximate surface area is 213 Å². The maximum Gasteiger partial charge on any atom is 0.256 e. The summed E-state index contributed by atoms with van der Waals surface area (Å²) >= 11 is 0. The molecule has 3 amide bonds. The highest BCUT2D eigenvalue weighted by Crippen LogP contribution is 2.39. The molecule has 0 aromatic heterocycles. The second-order valence-corrected chi connectivity index (χ2v) is 9.61. The third-order valence-corrected chi connectivity index (χ3v) is 7.32. The molecule has 10 heteroatoms. The molecule has 3 aliphatic heterocycles. The number of likely N-dealkylation sites (tertiary alicyclic amines) is 1. The number of benzene rings is 2. The summed E-state index contributed by atoms with van der Waals surface area (Å²) in [4.78, 5) is 42.8. The monoisotopic (exact) mass is 513 g/mol. The summed E-state index contributed by atoms with van der Waals surface area (Å²) in [6.07, 6.45) is 2.27. The highest BCUT2D eigenvalue weighted by Gasteiger charge is 2.54. The van der Waals surface area contributed by atoms with Crippen LogP contribution >= 0.6 is 0 Å². The molecule has 0 aliphatic carbocycles. The summed E-state index contributed by atoms with van der Waals surface area (Å²) in [6.45, 7) is 1.42. The van der Waals surface area contributed by atoms with Crippen LogP contribution in [0.5, 0.6) is 0 Å². The number of hydrogen-bond acceptors (Lipinski definition) is 5. The summed E-state index contributed by atoms with van der Waals surface area (Å²) in [6, 6.07) is 10.7. The summed E-state index contributed by atoms with van der Waals surface area (Å²) in [7, 11) is 0. The maximum atomic E-state index is 14.2. The molecule has 3 aliphatic rings.